The van der Waals surface area contributed by atoms with Crippen molar-refractivity contribution in [2.24, 2.45) is 0 Å². The van der Waals surface area contributed by atoms with Crippen LogP contribution in [0.2, 0.25) is 0 Å². The van der Waals surface area contributed by atoms with Crippen LogP contribution in [0.4, 0.5) is 17.2 Å². The lowest BCUT2D eigenvalue weighted by molar-refractivity contribution is -0.115. The van der Waals surface area contributed by atoms with Crippen molar-refractivity contribution >= 4 is 23.1 Å². The summed E-state index contributed by atoms with van der Waals surface area (Å²) in [5.41, 5.74) is 2.07. The molecule has 0 fully saturated rings. The minimum atomic E-state index is -0.0309. The van der Waals surface area contributed by atoms with E-state index in [4.69, 9.17) is 0 Å². The van der Waals surface area contributed by atoms with Gasteiger partial charge in [0.15, 0.2) is 0 Å². The summed E-state index contributed by atoms with van der Waals surface area (Å²) in [4.78, 5) is 17.5. The van der Waals surface area contributed by atoms with Crippen molar-refractivity contribution in [3.05, 3.63) is 48.7 Å². The molecule has 0 spiro atoms. The minimum absolute atomic E-state index is 0.0309. The third-order valence-electron chi connectivity index (χ3n) is 2.87. The quantitative estimate of drug-likeness (QED) is 0.912. The van der Waals surface area contributed by atoms with Crippen LogP contribution >= 0.6 is 0 Å². The van der Waals surface area contributed by atoms with Gasteiger partial charge in [-0.2, -0.15) is 0 Å². The molecule has 1 aromatic heterocycles. The fourth-order valence-electron chi connectivity index (χ4n) is 1.69. The molecule has 0 bridgehead atoms. The Labute approximate surface area is 113 Å². The zero-order chi connectivity index (χ0) is 13.7. The highest BCUT2D eigenvalue weighted by Gasteiger charge is 2.05. The van der Waals surface area contributed by atoms with E-state index in [0.717, 1.165) is 11.4 Å². The number of anilines is 3. The molecule has 0 unspecified atom stereocenters. The SMILES string of the molecule is CCC(=O)Nc1ccc(N(C)c2ccccc2)cn1. The van der Waals surface area contributed by atoms with Gasteiger partial charge in [0, 0.05) is 19.2 Å². The van der Waals surface area contributed by atoms with Gasteiger partial charge in [-0.05, 0) is 24.3 Å². The number of carbonyl (C=O) groups excluding carboxylic acids is 1. The molecule has 0 aliphatic carbocycles. The number of nitrogens with zero attached hydrogens (tertiary/aromatic N) is 2. The number of pyridine rings is 1. The van der Waals surface area contributed by atoms with Crippen LogP contribution < -0.4 is 10.2 Å². The summed E-state index contributed by atoms with van der Waals surface area (Å²) >= 11 is 0. The van der Waals surface area contributed by atoms with Gasteiger partial charge in [-0.1, -0.05) is 25.1 Å². The molecule has 1 heterocycles. The number of hydrogen-bond donors (Lipinski definition) is 1. The van der Waals surface area contributed by atoms with Crippen molar-refractivity contribution in [1.29, 1.82) is 0 Å². The molecule has 0 aliphatic heterocycles. The van der Waals surface area contributed by atoms with Gasteiger partial charge >= 0.3 is 0 Å². The molecular formula is C15H17N3O. The van der Waals surface area contributed by atoms with E-state index in [1.807, 2.05) is 61.3 Å². The average Bonchev–Trinajstić information content (AvgIpc) is 2.48. The number of benzene rings is 1. The lowest BCUT2D eigenvalue weighted by Gasteiger charge is -2.19. The van der Waals surface area contributed by atoms with E-state index in [1.54, 1.807) is 6.20 Å². The van der Waals surface area contributed by atoms with Gasteiger partial charge < -0.3 is 10.2 Å². The van der Waals surface area contributed by atoms with Crippen molar-refractivity contribution in [1.82, 2.24) is 4.98 Å². The van der Waals surface area contributed by atoms with E-state index in [0.29, 0.717) is 12.2 Å². The standard InChI is InChI=1S/C15H17N3O/c1-3-15(19)17-14-10-9-13(11-16-14)18(2)12-7-5-4-6-8-12/h4-11H,3H2,1-2H3,(H,16,17,19). The van der Waals surface area contributed by atoms with Gasteiger partial charge in [0.05, 0.1) is 11.9 Å². The predicted octanol–water partition coefficient (Wildman–Crippen LogP) is 3.20. The summed E-state index contributed by atoms with van der Waals surface area (Å²) in [6.45, 7) is 1.81. The van der Waals surface area contributed by atoms with Crippen LogP contribution in [0.5, 0.6) is 0 Å². The molecule has 2 aromatic rings. The first-order valence-corrected chi connectivity index (χ1v) is 6.25. The Morgan fingerprint density at radius 3 is 2.47 bits per heavy atom. The number of rotatable bonds is 4. The highest BCUT2D eigenvalue weighted by Crippen LogP contribution is 2.22. The Bertz CT molecular complexity index is 537. The Balaban J connectivity index is 2.12. The van der Waals surface area contributed by atoms with Gasteiger partial charge in [0.2, 0.25) is 5.91 Å². The number of nitrogens with one attached hydrogen (secondary N) is 1. The first-order chi connectivity index (χ1) is 9.20. The predicted molar refractivity (Wildman–Crippen MR) is 77.7 cm³/mol. The van der Waals surface area contributed by atoms with Crippen LogP contribution in [0.3, 0.4) is 0 Å². The van der Waals surface area contributed by atoms with E-state index >= 15 is 0 Å². The lowest BCUT2D eigenvalue weighted by atomic mass is 10.2. The normalized spacial score (nSPS) is 10.0. The molecule has 4 heteroatoms. The summed E-state index contributed by atoms with van der Waals surface area (Å²) in [5, 5.41) is 2.73. The first-order valence-electron chi connectivity index (χ1n) is 6.25. The fourth-order valence-corrected chi connectivity index (χ4v) is 1.69. The second-order valence-electron chi connectivity index (χ2n) is 4.20. The van der Waals surface area contributed by atoms with Gasteiger partial charge in [-0.3, -0.25) is 4.79 Å². The maximum atomic E-state index is 11.3. The van der Waals surface area contributed by atoms with E-state index in [-0.39, 0.29) is 5.91 Å². The molecule has 0 aliphatic rings. The third kappa shape index (κ3) is 3.31. The van der Waals surface area contributed by atoms with Crippen LogP contribution in [0.15, 0.2) is 48.7 Å². The molecule has 1 amide bonds. The van der Waals surface area contributed by atoms with Crippen molar-refractivity contribution in [2.45, 2.75) is 13.3 Å². The Hall–Kier alpha value is -2.36. The summed E-state index contributed by atoms with van der Waals surface area (Å²) in [5.74, 6) is 0.550. The van der Waals surface area contributed by atoms with Gasteiger partial charge in [0.1, 0.15) is 5.82 Å². The molecule has 4 nitrogen and oxygen atoms in total. The summed E-state index contributed by atoms with van der Waals surface area (Å²) in [6.07, 6.45) is 2.20. The van der Waals surface area contributed by atoms with Crippen molar-refractivity contribution < 1.29 is 4.79 Å². The highest BCUT2D eigenvalue weighted by molar-refractivity contribution is 5.89. The summed E-state index contributed by atoms with van der Waals surface area (Å²) in [6, 6.07) is 13.8. The number of aromatic nitrogens is 1. The molecule has 19 heavy (non-hydrogen) atoms. The average molecular weight is 255 g/mol. The molecule has 0 atom stereocenters. The summed E-state index contributed by atoms with van der Waals surface area (Å²) in [7, 11) is 1.98. The second-order valence-corrected chi connectivity index (χ2v) is 4.20. The van der Waals surface area contributed by atoms with Crippen LogP contribution in [-0.2, 0) is 4.79 Å². The Morgan fingerprint density at radius 1 is 1.16 bits per heavy atom. The molecular weight excluding hydrogens is 238 g/mol. The number of amides is 1. The van der Waals surface area contributed by atoms with Crippen LogP contribution in [0.25, 0.3) is 0 Å². The Kier molecular flexibility index (Phi) is 4.13. The van der Waals surface area contributed by atoms with E-state index in [1.165, 1.54) is 0 Å². The number of hydrogen-bond acceptors (Lipinski definition) is 3. The lowest BCUT2D eigenvalue weighted by Crippen LogP contribution is -2.12. The van der Waals surface area contributed by atoms with Crippen molar-refractivity contribution in [3.63, 3.8) is 0 Å². The molecule has 0 saturated carbocycles. The smallest absolute Gasteiger partial charge is 0.225 e. The van der Waals surface area contributed by atoms with Gasteiger partial charge in [-0.25, -0.2) is 4.98 Å². The van der Waals surface area contributed by atoms with E-state index in [2.05, 4.69) is 10.3 Å². The molecule has 1 aromatic carbocycles. The monoisotopic (exact) mass is 255 g/mol. The first kappa shape index (κ1) is 13.1. The topological polar surface area (TPSA) is 45.2 Å². The summed E-state index contributed by atoms with van der Waals surface area (Å²) < 4.78 is 0. The second kappa shape index (κ2) is 6.00. The zero-order valence-corrected chi connectivity index (χ0v) is 11.1. The van der Waals surface area contributed by atoms with Crippen molar-refractivity contribution in [2.75, 3.05) is 17.3 Å². The number of para-hydroxylation sites is 1. The molecule has 0 saturated heterocycles. The van der Waals surface area contributed by atoms with E-state index < -0.39 is 0 Å². The zero-order valence-electron chi connectivity index (χ0n) is 11.1. The highest BCUT2D eigenvalue weighted by atomic mass is 16.1. The van der Waals surface area contributed by atoms with E-state index in [9.17, 15) is 4.79 Å². The Morgan fingerprint density at radius 2 is 1.89 bits per heavy atom. The maximum absolute atomic E-state index is 11.3. The minimum Gasteiger partial charge on any atom is -0.343 e. The molecule has 98 valence electrons. The molecule has 1 N–H and O–H groups in total. The van der Waals surface area contributed by atoms with Crippen LogP contribution in [0.1, 0.15) is 13.3 Å². The molecule has 2 rings (SSSR count). The van der Waals surface area contributed by atoms with Crippen LogP contribution in [0, 0.1) is 0 Å². The number of carbonyl (C=O) groups is 1. The fraction of sp³-hybridized carbons (Fsp3) is 0.200. The third-order valence-corrected chi connectivity index (χ3v) is 2.87. The maximum Gasteiger partial charge on any atom is 0.225 e. The van der Waals surface area contributed by atoms with Gasteiger partial charge in [-0.15, -0.1) is 0 Å². The largest absolute Gasteiger partial charge is 0.343 e. The molecule has 0 radical (unpaired) electrons. The van der Waals surface area contributed by atoms with Gasteiger partial charge in [0.25, 0.3) is 0 Å². The van der Waals surface area contributed by atoms with Crippen molar-refractivity contribution in [3.8, 4) is 0 Å². The van der Waals surface area contributed by atoms with Crippen LogP contribution in [-0.4, -0.2) is 17.9 Å².